The molecule has 0 bridgehead atoms. The van der Waals surface area contributed by atoms with Gasteiger partial charge in [-0.2, -0.15) is 13.2 Å². The fraction of sp³-hybridized carbons (Fsp3) is 0.435. The number of aromatic nitrogens is 4. The Hall–Kier alpha value is -2.83. The lowest BCUT2D eigenvalue weighted by Gasteiger charge is -2.50. The minimum absolute atomic E-state index is 0.148. The molecule has 2 aliphatic rings. The third-order valence-corrected chi connectivity index (χ3v) is 8.22. The average Bonchev–Trinajstić information content (AvgIpc) is 3.27. The fourth-order valence-corrected chi connectivity index (χ4v) is 6.17. The zero-order valence-corrected chi connectivity index (χ0v) is 20.0. The number of aromatic amines is 1. The monoisotopic (exact) mass is 506 g/mol. The molecule has 8 nitrogen and oxygen atoms in total. The molecule has 0 amide bonds. The minimum atomic E-state index is -4.87. The minimum Gasteiger partial charge on any atom is -0.317 e. The summed E-state index contributed by atoms with van der Waals surface area (Å²) < 4.78 is 66.4. The number of tetrazole rings is 1. The van der Waals surface area contributed by atoms with Crippen molar-refractivity contribution < 1.29 is 21.6 Å². The van der Waals surface area contributed by atoms with E-state index in [0.717, 1.165) is 43.8 Å². The molecule has 186 valence electrons. The van der Waals surface area contributed by atoms with Gasteiger partial charge in [0.15, 0.2) is 15.7 Å². The van der Waals surface area contributed by atoms with E-state index >= 15 is 0 Å². The van der Waals surface area contributed by atoms with Crippen molar-refractivity contribution in [1.29, 1.82) is 0 Å². The molecule has 1 saturated heterocycles. The first-order valence-electron chi connectivity index (χ1n) is 11.3. The lowest BCUT2D eigenvalue weighted by molar-refractivity contribution is -0.139. The van der Waals surface area contributed by atoms with Crippen LogP contribution in [-0.4, -0.2) is 72.4 Å². The van der Waals surface area contributed by atoms with Gasteiger partial charge in [0, 0.05) is 42.9 Å². The first-order valence-corrected chi connectivity index (χ1v) is 13.2. The largest absolute Gasteiger partial charge is 0.417 e. The summed E-state index contributed by atoms with van der Waals surface area (Å²) >= 11 is 0. The second-order valence-corrected chi connectivity index (χ2v) is 11.2. The number of halogens is 3. The van der Waals surface area contributed by atoms with Crippen molar-refractivity contribution in [2.75, 3.05) is 26.4 Å². The van der Waals surface area contributed by atoms with Crippen LogP contribution in [0.15, 0.2) is 41.3 Å². The second-order valence-electron chi connectivity index (χ2n) is 9.27. The fourth-order valence-electron chi connectivity index (χ4n) is 5.01. The quantitative estimate of drug-likeness (QED) is 0.530. The highest BCUT2D eigenvalue weighted by Crippen LogP contribution is 2.43. The molecule has 0 atom stereocenters. The van der Waals surface area contributed by atoms with E-state index in [4.69, 9.17) is 0 Å². The number of H-pyrrole nitrogens is 1. The molecule has 1 aromatic heterocycles. The molecule has 2 aromatic carbocycles. The standard InChI is InChI=1S/C23H25F3N6O2S/c1-27-16-9-17(10-16)32-11-15(12-32)13-3-5-14(6-4-13)18-7-8-19(23(24,25)26)21(35(2,33)34)20(18)22-28-30-31-29-22/h3-8,15-17,27H,9-12H2,1-2H3,(H,28,29,30,31). The molecule has 1 aliphatic carbocycles. The third kappa shape index (κ3) is 4.45. The Balaban J connectivity index is 1.47. The Morgan fingerprint density at radius 2 is 1.77 bits per heavy atom. The lowest BCUT2D eigenvalue weighted by atomic mass is 9.80. The SMILES string of the molecule is CNC1CC(N2CC(c3ccc(-c4ccc(C(F)(F)F)c(S(C)(=O)=O)c4-c4nnn[nH]4)cc3)C2)C1. The molecule has 2 heterocycles. The molecule has 1 saturated carbocycles. The molecule has 35 heavy (non-hydrogen) atoms. The number of sulfone groups is 1. The molecule has 5 rings (SSSR count). The van der Waals surface area contributed by atoms with E-state index in [2.05, 4.69) is 30.8 Å². The first kappa shape index (κ1) is 23.9. The lowest BCUT2D eigenvalue weighted by Crippen LogP contribution is -2.58. The van der Waals surface area contributed by atoms with Gasteiger partial charge in [-0.1, -0.05) is 30.3 Å². The van der Waals surface area contributed by atoms with Crippen molar-refractivity contribution in [3.8, 4) is 22.5 Å². The summed E-state index contributed by atoms with van der Waals surface area (Å²) in [7, 11) is -2.30. The summed E-state index contributed by atoms with van der Waals surface area (Å²) in [6.07, 6.45) is -1.79. The summed E-state index contributed by atoms with van der Waals surface area (Å²) in [6, 6.07) is 10.8. The van der Waals surface area contributed by atoms with Crippen molar-refractivity contribution in [3.63, 3.8) is 0 Å². The van der Waals surface area contributed by atoms with Crippen LogP contribution in [0.25, 0.3) is 22.5 Å². The molecule has 3 aromatic rings. The summed E-state index contributed by atoms with van der Waals surface area (Å²) in [4.78, 5) is 1.63. The highest BCUT2D eigenvalue weighted by molar-refractivity contribution is 7.91. The van der Waals surface area contributed by atoms with Gasteiger partial charge in [0.1, 0.15) is 0 Å². The van der Waals surface area contributed by atoms with Crippen LogP contribution < -0.4 is 5.32 Å². The zero-order valence-electron chi connectivity index (χ0n) is 19.2. The molecule has 0 unspecified atom stereocenters. The van der Waals surface area contributed by atoms with Crippen molar-refractivity contribution in [3.05, 3.63) is 47.5 Å². The zero-order chi connectivity index (χ0) is 25.0. The van der Waals surface area contributed by atoms with Crippen molar-refractivity contribution in [1.82, 2.24) is 30.8 Å². The number of alkyl halides is 3. The van der Waals surface area contributed by atoms with Gasteiger partial charge in [-0.25, -0.2) is 13.5 Å². The van der Waals surface area contributed by atoms with Gasteiger partial charge in [-0.05, 0) is 53.1 Å². The smallest absolute Gasteiger partial charge is 0.317 e. The van der Waals surface area contributed by atoms with Gasteiger partial charge >= 0.3 is 6.18 Å². The highest BCUT2D eigenvalue weighted by atomic mass is 32.2. The summed E-state index contributed by atoms with van der Waals surface area (Å²) in [5.74, 6) is 0.250. The number of benzene rings is 2. The topological polar surface area (TPSA) is 104 Å². The van der Waals surface area contributed by atoms with Gasteiger partial charge in [0.05, 0.1) is 10.5 Å². The Morgan fingerprint density at radius 3 is 2.31 bits per heavy atom. The van der Waals surface area contributed by atoms with Crippen molar-refractivity contribution in [2.45, 2.75) is 41.9 Å². The van der Waals surface area contributed by atoms with Gasteiger partial charge in [-0.3, -0.25) is 4.90 Å². The Labute approximate surface area is 200 Å². The van der Waals surface area contributed by atoms with Crippen LogP contribution in [0.2, 0.25) is 0 Å². The predicted molar refractivity (Wildman–Crippen MR) is 123 cm³/mol. The Bertz CT molecular complexity index is 1310. The molecule has 12 heteroatoms. The summed E-state index contributed by atoms with van der Waals surface area (Å²) in [5, 5.41) is 16.3. The highest BCUT2D eigenvalue weighted by Gasteiger charge is 2.40. The van der Waals surface area contributed by atoms with E-state index in [1.165, 1.54) is 6.07 Å². The van der Waals surface area contributed by atoms with Crippen LogP contribution in [0, 0.1) is 0 Å². The third-order valence-electron chi connectivity index (χ3n) is 7.06. The van der Waals surface area contributed by atoms with Crippen molar-refractivity contribution >= 4 is 9.84 Å². The molecular formula is C23H25F3N6O2S. The Morgan fingerprint density at radius 1 is 1.09 bits per heavy atom. The normalized spacial score (nSPS) is 21.5. The predicted octanol–water partition coefficient (Wildman–Crippen LogP) is 3.11. The number of rotatable bonds is 6. The second kappa shape index (κ2) is 8.68. The summed E-state index contributed by atoms with van der Waals surface area (Å²) in [6.45, 7) is 1.96. The van der Waals surface area contributed by atoms with Crippen LogP contribution in [0.4, 0.5) is 13.2 Å². The van der Waals surface area contributed by atoms with E-state index in [1.807, 2.05) is 19.2 Å². The maximum absolute atomic E-state index is 13.7. The van der Waals surface area contributed by atoms with Gasteiger partial charge < -0.3 is 5.32 Å². The maximum Gasteiger partial charge on any atom is 0.417 e. The van der Waals surface area contributed by atoms with Crippen LogP contribution in [0.5, 0.6) is 0 Å². The first-order chi connectivity index (χ1) is 16.6. The molecular weight excluding hydrogens is 481 g/mol. The maximum atomic E-state index is 13.7. The molecule has 0 radical (unpaired) electrons. The average molecular weight is 507 g/mol. The van der Waals surface area contributed by atoms with Crippen LogP contribution in [-0.2, 0) is 16.0 Å². The molecule has 2 N–H and O–H groups in total. The van der Waals surface area contributed by atoms with E-state index in [9.17, 15) is 21.6 Å². The number of nitrogens with zero attached hydrogens (tertiary/aromatic N) is 4. The van der Waals surface area contributed by atoms with Gasteiger partial charge in [0.25, 0.3) is 0 Å². The van der Waals surface area contributed by atoms with E-state index in [0.29, 0.717) is 29.1 Å². The number of hydrogen-bond acceptors (Lipinski definition) is 7. The van der Waals surface area contributed by atoms with Gasteiger partial charge in [-0.15, -0.1) is 5.10 Å². The summed E-state index contributed by atoms with van der Waals surface area (Å²) in [5.41, 5.74) is 0.571. The van der Waals surface area contributed by atoms with E-state index in [1.54, 1.807) is 12.1 Å². The number of hydrogen-bond donors (Lipinski definition) is 2. The molecule has 1 aliphatic heterocycles. The van der Waals surface area contributed by atoms with Crippen LogP contribution >= 0.6 is 0 Å². The molecule has 2 fully saturated rings. The van der Waals surface area contributed by atoms with E-state index in [-0.39, 0.29) is 11.4 Å². The number of nitrogens with one attached hydrogen (secondary N) is 2. The van der Waals surface area contributed by atoms with Gasteiger partial charge in [0.2, 0.25) is 0 Å². The van der Waals surface area contributed by atoms with Crippen molar-refractivity contribution in [2.24, 2.45) is 0 Å². The molecule has 0 spiro atoms. The van der Waals surface area contributed by atoms with Crippen LogP contribution in [0.1, 0.15) is 29.9 Å². The van der Waals surface area contributed by atoms with E-state index < -0.39 is 26.5 Å². The van der Waals surface area contributed by atoms with Crippen LogP contribution in [0.3, 0.4) is 0 Å². The Kier molecular flexibility index (Phi) is 5.93. The number of likely N-dealkylation sites (tertiary alicyclic amines) is 1.